The molecule has 0 aromatic carbocycles. The first kappa shape index (κ1) is 102. The summed E-state index contributed by atoms with van der Waals surface area (Å²) < 4.78 is 38.3. The van der Waals surface area contributed by atoms with Gasteiger partial charge in [0.25, 0.3) is 0 Å². The number of unbranched alkanes of at least 4 members (excludes halogenated alkanes) is 15. The molecule has 29 unspecified atom stereocenters. The number of methoxy groups -OCH3 is 1. The summed E-state index contributed by atoms with van der Waals surface area (Å²) in [5.74, 6) is 26.2. The molecule has 0 aliphatic heterocycles. The van der Waals surface area contributed by atoms with E-state index in [9.17, 15) is 0 Å². The average molecular weight is 1710 g/mol. The van der Waals surface area contributed by atoms with Crippen molar-refractivity contribution in [2.45, 2.75) is 363 Å². The van der Waals surface area contributed by atoms with E-state index in [4.69, 9.17) is 33.2 Å². The zero-order chi connectivity index (χ0) is 86.6. The van der Waals surface area contributed by atoms with Crippen LogP contribution in [0.25, 0.3) is 0 Å². The van der Waals surface area contributed by atoms with Gasteiger partial charge in [0.2, 0.25) is 0 Å². The standard InChI is InChI=1S/C17H30.C15H26.C14H24O3.C13H22O2.C13H22.C12H20O.C9H14O.C9H14.C8H12.C7H10/c1-2-3-4-5-6-7-8-9-10-16-13-15-11-12-17(16)14-15;1-2-3-4-5-6-7-8-14-11-13-9-10-15(14)12-13;1-2-5-15-6-7-16-8-9-17-14-11-12-3-4-13(14)10-12;1-2-5-14-6-7-15-10-13-9-11-3-4-12(13)8-11;1-2-3-4-5-6-12-9-11-7-8-13(12)10-11;1-2-6-13-7-5-12-9-10-3-4-11(12)8-10;1-10-6-9-5-7-2-3-8(9)4-7;1-2-8-5-7-3-4-9(8)6-7;1-6-4-7-2-3-8(6)5-7;1-2-7-4-3-6(1)5-7/h11-12,15-17H,2-10,13-14H2,1H3;9-10,13-15H,2-8,11-12H2,1H3;3-4,12-14H,2,5-11H2,1H3;3-4,11-13H,2,5-10H2,1H3;7-8,11-13H,2-6,9-10H2,1H3;3-4,10-12H,2,5-9H2,1H3;2-3,7-9H,4-6H2,1H3;3-4,7-9H,2,5-6H2,1H3;2-3,6-8H,4-5H2,1H3;1-2,6-7H,3-5H2. The van der Waals surface area contributed by atoms with Crippen molar-refractivity contribution in [2.24, 2.45) is 166 Å². The second-order valence-electron chi connectivity index (χ2n) is 43.8. The summed E-state index contributed by atoms with van der Waals surface area (Å²) in [6, 6.07) is 0. The molecule has 0 amide bonds. The SMILES string of the molecule is C1=CC2CCC1C2.CC1CC2C=CC1C2.CCC1CC2C=CC1C2.CCCCCCC1CC2C=CC1C2.CCCCCCCCC1CC2C=CC1C2.CCCCCCCCCCC1CC2C=CC1C2.CCCOCCC1CC2C=CC1C2.CCCOCCOCC1CC2C=CC1C2.CCCOCCOCCOC1CC2C=CC1C2.COCC1CC2C=CC1C2. The van der Waals surface area contributed by atoms with E-state index >= 15 is 0 Å². The smallest absolute Gasteiger partial charge is 0.0704 e. The Bertz CT molecular complexity index is 2960. The average Bonchev–Trinajstić information content (AvgIpc) is 1.68. The molecule has 20 aliphatic rings. The molecular formula is C117H194O7. The van der Waals surface area contributed by atoms with Crippen molar-refractivity contribution in [2.75, 3.05) is 86.4 Å². The van der Waals surface area contributed by atoms with E-state index in [2.05, 4.69) is 177 Å². The van der Waals surface area contributed by atoms with Crippen LogP contribution in [0.15, 0.2) is 122 Å². The maximum atomic E-state index is 5.85. The molecule has 0 radical (unpaired) electrons. The lowest BCUT2D eigenvalue weighted by molar-refractivity contribution is -0.0185. The molecule has 0 saturated heterocycles. The van der Waals surface area contributed by atoms with Crippen LogP contribution in [0, 0.1) is 166 Å². The van der Waals surface area contributed by atoms with E-state index in [0.717, 1.165) is 239 Å². The van der Waals surface area contributed by atoms with Gasteiger partial charge in [0.15, 0.2) is 0 Å². The summed E-state index contributed by atoms with van der Waals surface area (Å²) in [7, 11) is 1.80. The minimum atomic E-state index is 0.449. The van der Waals surface area contributed by atoms with Crippen LogP contribution in [0.1, 0.15) is 357 Å². The van der Waals surface area contributed by atoms with Crippen molar-refractivity contribution in [1.82, 2.24) is 0 Å². The highest BCUT2D eigenvalue weighted by atomic mass is 16.5. The normalized spacial score (nSPS) is 36.5. The van der Waals surface area contributed by atoms with E-state index in [0.29, 0.717) is 31.8 Å². The third kappa shape index (κ3) is 35.3. The third-order valence-corrected chi connectivity index (χ3v) is 33.9. The van der Waals surface area contributed by atoms with Crippen molar-refractivity contribution in [3.05, 3.63) is 122 Å². The van der Waals surface area contributed by atoms with Crippen LogP contribution in [0.5, 0.6) is 0 Å². The van der Waals surface area contributed by atoms with E-state index in [1.54, 1.807) is 7.11 Å². The minimum Gasteiger partial charge on any atom is -0.384 e. The van der Waals surface area contributed by atoms with Gasteiger partial charge in [-0.1, -0.05) is 299 Å². The zero-order valence-corrected chi connectivity index (χ0v) is 81.9. The molecule has 10 fully saturated rings. The fraction of sp³-hybridized carbons (Fsp3) is 0.829. The van der Waals surface area contributed by atoms with Crippen LogP contribution in [0.2, 0.25) is 0 Å². The Balaban J connectivity index is 0.000000135. The molecule has 20 aliphatic carbocycles. The lowest BCUT2D eigenvalue weighted by Crippen LogP contribution is -2.21. The zero-order valence-electron chi connectivity index (χ0n) is 81.9. The van der Waals surface area contributed by atoms with Gasteiger partial charge in [-0.3, -0.25) is 0 Å². The topological polar surface area (TPSA) is 64.6 Å². The van der Waals surface area contributed by atoms with Crippen LogP contribution in [0.3, 0.4) is 0 Å². The van der Waals surface area contributed by atoms with Gasteiger partial charge >= 0.3 is 0 Å². The predicted octanol–water partition coefficient (Wildman–Crippen LogP) is 31.6. The summed E-state index contributed by atoms with van der Waals surface area (Å²) in [5, 5.41) is 0. The van der Waals surface area contributed by atoms with E-state index in [-0.39, 0.29) is 0 Å². The Kier molecular flexibility index (Phi) is 48.3. The third-order valence-electron chi connectivity index (χ3n) is 33.9. The first-order valence-electron chi connectivity index (χ1n) is 54.8. The van der Waals surface area contributed by atoms with Gasteiger partial charge in [0.1, 0.15) is 0 Å². The van der Waals surface area contributed by atoms with Gasteiger partial charge in [-0.05, 0) is 340 Å². The van der Waals surface area contributed by atoms with Gasteiger partial charge < -0.3 is 33.2 Å². The largest absolute Gasteiger partial charge is 0.384 e. The van der Waals surface area contributed by atoms with Crippen LogP contribution in [-0.4, -0.2) is 92.5 Å². The summed E-state index contributed by atoms with van der Waals surface area (Å²) in [6.45, 7) is 27.8. The van der Waals surface area contributed by atoms with Crippen molar-refractivity contribution in [3.8, 4) is 0 Å². The van der Waals surface area contributed by atoms with E-state index in [1.165, 1.54) is 283 Å². The summed E-state index contributed by atoms with van der Waals surface area (Å²) in [4.78, 5) is 0. The molecule has 20 bridgehead atoms. The fourth-order valence-corrected chi connectivity index (χ4v) is 26.7. The number of hydrogen-bond acceptors (Lipinski definition) is 7. The molecule has 20 rings (SSSR count). The summed E-state index contributed by atoms with van der Waals surface area (Å²) in [6.07, 6.45) is 116. The van der Waals surface area contributed by atoms with Gasteiger partial charge in [-0.2, -0.15) is 0 Å². The van der Waals surface area contributed by atoms with Crippen LogP contribution < -0.4 is 0 Å². The summed E-state index contributed by atoms with van der Waals surface area (Å²) in [5.41, 5.74) is 0. The Morgan fingerprint density at radius 3 is 0.782 bits per heavy atom. The number of allylic oxidation sites excluding steroid dienone is 19. The Hall–Kier alpha value is -2.88. The van der Waals surface area contributed by atoms with Crippen LogP contribution >= 0.6 is 0 Å². The summed E-state index contributed by atoms with van der Waals surface area (Å²) >= 11 is 0. The van der Waals surface area contributed by atoms with Gasteiger partial charge in [0, 0.05) is 46.1 Å². The lowest BCUT2D eigenvalue weighted by Gasteiger charge is -2.18. The van der Waals surface area contributed by atoms with Gasteiger partial charge in [0.05, 0.1) is 52.4 Å². The van der Waals surface area contributed by atoms with Crippen molar-refractivity contribution < 1.29 is 33.2 Å². The van der Waals surface area contributed by atoms with E-state index in [1.807, 2.05) is 0 Å². The molecular weight excluding hydrogens is 1520 g/mol. The quantitative estimate of drug-likeness (QED) is 0.0445. The van der Waals surface area contributed by atoms with Gasteiger partial charge in [-0.15, -0.1) is 0 Å². The minimum absolute atomic E-state index is 0.449. The van der Waals surface area contributed by atoms with Crippen LogP contribution in [-0.2, 0) is 33.2 Å². The molecule has 704 valence electrons. The van der Waals surface area contributed by atoms with Crippen molar-refractivity contribution >= 4 is 0 Å². The molecule has 0 N–H and O–H groups in total. The number of ether oxygens (including phenoxy) is 7. The molecule has 0 aromatic rings. The lowest BCUT2D eigenvalue weighted by atomic mass is 9.88. The van der Waals surface area contributed by atoms with E-state index < -0.39 is 0 Å². The Morgan fingerprint density at radius 2 is 0.500 bits per heavy atom. The van der Waals surface area contributed by atoms with Crippen LogP contribution in [0.4, 0.5) is 0 Å². The maximum absolute atomic E-state index is 5.85. The number of hydrogen-bond donors (Lipinski definition) is 0. The molecule has 7 heteroatoms. The number of rotatable bonds is 45. The fourth-order valence-electron chi connectivity index (χ4n) is 26.7. The highest BCUT2D eigenvalue weighted by Gasteiger charge is 2.42. The first-order valence-corrected chi connectivity index (χ1v) is 54.8. The Morgan fingerprint density at radius 1 is 0.210 bits per heavy atom. The van der Waals surface area contributed by atoms with Gasteiger partial charge in [-0.25, -0.2) is 0 Å². The highest BCUT2D eigenvalue weighted by molar-refractivity contribution is 5.16. The van der Waals surface area contributed by atoms with Crippen molar-refractivity contribution in [3.63, 3.8) is 0 Å². The first-order chi connectivity index (χ1) is 61.0. The molecule has 0 spiro atoms. The molecule has 0 aromatic heterocycles. The molecule has 0 heterocycles. The maximum Gasteiger partial charge on any atom is 0.0704 e. The predicted molar refractivity (Wildman–Crippen MR) is 527 cm³/mol. The number of fused-ring (bicyclic) bond motifs is 20. The second kappa shape index (κ2) is 58.9. The highest BCUT2D eigenvalue weighted by Crippen LogP contribution is 2.52. The molecule has 10 saturated carbocycles. The second-order valence-corrected chi connectivity index (χ2v) is 43.8. The monoisotopic (exact) mass is 1710 g/mol. The molecule has 29 atom stereocenters. The molecule has 7 nitrogen and oxygen atoms in total. The Labute approximate surface area is 765 Å². The molecule has 124 heavy (non-hydrogen) atoms. The van der Waals surface area contributed by atoms with Crippen molar-refractivity contribution in [1.29, 1.82) is 0 Å².